The van der Waals surface area contributed by atoms with Gasteiger partial charge in [-0.05, 0) is 56.8 Å². The lowest BCUT2D eigenvalue weighted by atomic mass is 10.1. The molecule has 0 atom stereocenters. The van der Waals surface area contributed by atoms with Gasteiger partial charge in [0.05, 0.1) is 8.49 Å². The van der Waals surface area contributed by atoms with Crippen molar-refractivity contribution >= 4 is 50.9 Å². The van der Waals surface area contributed by atoms with E-state index in [0.717, 1.165) is 14.7 Å². The molecule has 0 aliphatic heterocycles. The summed E-state index contributed by atoms with van der Waals surface area (Å²) in [6.07, 6.45) is 0. The average Bonchev–Trinajstić information content (AvgIpc) is 2.30. The fourth-order valence-electron chi connectivity index (χ4n) is 1.55. The molecule has 0 aliphatic carbocycles. The van der Waals surface area contributed by atoms with E-state index in [-0.39, 0.29) is 10.6 Å². The fourth-order valence-corrected chi connectivity index (χ4v) is 3.07. The van der Waals surface area contributed by atoms with Crippen LogP contribution in [-0.4, -0.2) is 4.92 Å². The van der Waals surface area contributed by atoms with Crippen molar-refractivity contribution in [3.63, 3.8) is 0 Å². The maximum absolute atomic E-state index is 10.9. The zero-order valence-corrected chi connectivity index (χ0v) is 12.9. The Labute approximate surface area is 126 Å². The Balaban J connectivity index is 2.65. The number of hydrogen-bond donors (Lipinski definition) is 0. The number of nitro groups is 1. The molecule has 0 aromatic heterocycles. The highest BCUT2D eigenvalue weighted by atomic mass is 127. The summed E-state index contributed by atoms with van der Waals surface area (Å²) < 4.78 is 1.77. The Hall–Kier alpha value is -0.700. The molecule has 2 aromatic rings. The summed E-state index contributed by atoms with van der Waals surface area (Å²) in [7, 11) is 0. The van der Waals surface area contributed by atoms with E-state index in [1.165, 1.54) is 6.07 Å². The zero-order chi connectivity index (χ0) is 12.4. The van der Waals surface area contributed by atoms with Crippen LogP contribution in [0.1, 0.15) is 0 Å². The van der Waals surface area contributed by atoms with Crippen molar-refractivity contribution in [1.82, 2.24) is 0 Å². The SMILES string of the molecule is O=[N+]([O-])c1cccc(-c2ccccc2I)c1I. The van der Waals surface area contributed by atoms with E-state index >= 15 is 0 Å². The van der Waals surface area contributed by atoms with Crippen LogP contribution in [0, 0.1) is 17.3 Å². The number of nitrogens with zero attached hydrogens (tertiary/aromatic N) is 1. The molecule has 0 amide bonds. The number of nitro benzene ring substituents is 1. The molecule has 3 nitrogen and oxygen atoms in total. The highest BCUT2D eigenvalue weighted by molar-refractivity contribution is 14.1. The first-order valence-corrected chi connectivity index (χ1v) is 6.95. The predicted molar refractivity (Wildman–Crippen MR) is 84.0 cm³/mol. The van der Waals surface area contributed by atoms with Crippen LogP contribution in [0.25, 0.3) is 11.1 Å². The van der Waals surface area contributed by atoms with Gasteiger partial charge in [0.15, 0.2) is 0 Å². The summed E-state index contributed by atoms with van der Waals surface area (Å²) >= 11 is 4.27. The molecule has 86 valence electrons. The minimum Gasteiger partial charge on any atom is -0.258 e. The van der Waals surface area contributed by atoms with Gasteiger partial charge >= 0.3 is 0 Å². The zero-order valence-electron chi connectivity index (χ0n) is 8.56. The smallest absolute Gasteiger partial charge is 0.258 e. The van der Waals surface area contributed by atoms with Crippen LogP contribution >= 0.6 is 45.2 Å². The molecular formula is C12H7I2NO2. The molecule has 0 radical (unpaired) electrons. The second-order valence-corrected chi connectivity index (χ2v) is 5.62. The lowest BCUT2D eigenvalue weighted by Crippen LogP contribution is -1.94. The van der Waals surface area contributed by atoms with E-state index in [1.807, 2.05) is 52.9 Å². The van der Waals surface area contributed by atoms with Crippen molar-refractivity contribution in [2.75, 3.05) is 0 Å². The molecule has 0 saturated heterocycles. The third-order valence-electron chi connectivity index (χ3n) is 2.34. The van der Waals surface area contributed by atoms with Gasteiger partial charge in [0, 0.05) is 15.2 Å². The highest BCUT2D eigenvalue weighted by Gasteiger charge is 2.16. The third-order valence-corrected chi connectivity index (χ3v) is 4.41. The highest BCUT2D eigenvalue weighted by Crippen LogP contribution is 2.33. The Bertz CT molecular complexity index is 584. The summed E-state index contributed by atoms with van der Waals surface area (Å²) in [5.41, 5.74) is 2.09. The average molecular weight is 451 g/mol. The second kappa shape index (κ2) is 5.30. The largest absolute Gasteiger partial charge is 0.283 e. The normalized spacial score (nSPS) is 10.2. The molecule has 2 rings (SSSR count). The summed E-state index contributed by atoms with van der Waals surface area (Å²) in [5, 5.41) is 10.9. The summed E-state index contributed by atoms with van der Waals surface area (Å²) in [6.45, 7) is 0. The lowest BCUT2D eigenvalue weighted by molar-refractivity contribution is -0.385. The monoisotopic (exact) mass is 451 g/mol. The maximum atomic E-state index is 10.9. The van der Waals surface area contributed by atoms with Crippen LogP contribution in [0.3, 0.4) is 0 Å². The Morgan fingerprint density at radius 1 is 0.941 bits per heavy atom. The van der Waals surface area contributed by atoms with E-state index in [1.54, 1.807) is 6.07 Å². The van der Waals surface area contributed by atoms with E-state index in [2.05, 4.69) is 22.6 Å². The molecule has 17 heavy (non-hydrogen) atoms. The van der Waals surface area contributed by atoms with Gasteiger partial charge in [-0.15, -0.1) is 0 Å². The van der Waals surface area contributed by atoms with E-state index < -0.39 is 0 Å². The summed E-state index contributed by atoms with van der Waals surface area (Å²) in [4.78, 5) is 10.5. The van der Waals surface area contributed by atoms with Gasteiger partial charge < -0.3 is 0 Å². The topological polar surface area (TPSA) is 43.1 Å². The fraction of sp³-hybridized carbons (Fsp3) is 0. The molecule has 0 saturated carbocycles. The lowest BCUT2D eigenvalue weighted by Gasteiger charge is -2.07. The van der Waals surface area contributed by atoms with Crippen molar-refractivity contribution < 1.29 is 4.92 Å². The van der Waals surface area contributed by atoms with Crippen LogP contribution in [0.4, 0.5) is 5.69 Å². The minimum atomic E-state index is -0.346. The first kappa shape index (κ1) is 12.7. The van der Waals surface area contributed by atoms with Crippen molar-refractivity contribution in [3.8, 4) is 11.1 Å². The van der Waals surface area contributed by atoms with Gasteiger partial charge in [-0.1, -0.05) is 30.3 Å². The van der Waals surface area contributed by atoms with Crippen molar-refractivity contribution in [3.05, 3.63) is 59.7 Å². The summed E-state index contributed by atoms with van der Waals surface area (Å²) in [6, 6.07) is 13.0. The summed E-state index contributed by atoms with van der Waals surface area (Å²) in [5.74, 6) is 0. The van der Waals surface area contributed by atoms with Gasteiger partial charge in [0.2, 0.25) is 0 Å². The maximum Gasteiger partial charge on any atom is 0.283 e. The standard InChI is InChI=1S/C12H7I2NO2/c13-10-6-2-1-4-8(10)9-5-3-7-11(12(9)14)15(16)17/h1-7H. The van der Waals surface area contributed by atoms with Crippen LogP contribution in [0.2, 0.25) is 0 Å². The van der Waals surface area contributed by atoms with E-state index in [0.29, 0.717) is 3.57 Å². The van der Waals surface area contributed by atoms with E-state index in [4.69, 9.17) is 0 Å². The Morgan fingerprint density at radius 2 is 1.59 bits per heavy atom. The minimum absolute atomic E-state index is 0.155. The van der Waals surface area contributed by atoms with Gasteiger partial charge in [-0.25, -0.2) is 0 Å². The first-order valence-electron chi connectivity index (χ1n) is 4.79. The number of halogens is 2. The number of rotatable bonds is 2. The number of benzene rings is 2. The third kappa shape index (κ3) is 2.59. The molecule has 5 heteroatoms. The molecule has 0 N–H and O–H groups in total. The molecule has 0 fully saturated rings. The quantitative estimate of drug-likeness (QED) is 0.385. The molecular weight excluding hydrogens is 444 g/mol. The van der Waals surface area contributed by atoms with Gasteiger partial charge in [-0.3, -0.25) is 10.1 Å². The predicted octanol–water partition coefficient (Wildman–Crippen LogP) is 4.47. The van der Waals surface area contributed by atoms with Crippen molar-refractivity contribution in [1.29, 1.82) is 0 Å². The molecule has 0 bridgehead atoms. The van der Waals surface area contributed by atoms with E-state index in [9.17, 15) is 10.1 Å². The van der Waals surface area contributed by atoms with Gasteiger partial charge in [0.1, 0.15) is 0 Å². The van der Waals surface area contributed by atoms with Crippen LogP contribution in [-0.2, 0) is 0 Å². The van der Waals surface area contributed by atoms with Crippen molar-refractivity contribution in [2.24, 2.45) is 0 Å². The molecule has 0 spiro atoms. The molecule has 0 unspecified atom stereocenters. The molecule has 0 aliphatic rings. The molecule has 0 heterocycles. The van der Waals surface area contributed by atoms with Crippen LogP contribution in [0.5, 0.6) is 0 Å². The number of hydrogen-bond acceptors (Lipinski definition) is 2. The Kier molecular flexibility index (Phi) is 3.97. The molecule has 2 aromatic carbocycles. The first-order chi connectivity index (χ1) is 8.11. The van der Waals surface area contributed by atoms with Crippen LogP contribution in [0.15, 0.2) is 42.5 Å². The van der Waals surface area contributed by atoms with Crippen LogP contribution < -0.4 is 0 Å². The second-order valence-electron chi connectivity index (χ2n) is 3.38. The van der Waals surface area contributed by atoms with Gasteiger partial charge in [-0.2, -0.15) is 0 Å². The Morgan fingerprint density at radius 3 is 2.24 bits per heavy atom. The van der Waals surface area contributed by atoms with Gasteiger partial charge in [0.25, 0.3) is 5.69 Å². The van der Waals surface area contributed by atoms with Crippen molar-refractivity contribution in [2.45, 2.75) is 0 Å².